The molecule has 1 saturated heterocycles. The fraction of sp³-hybridized carbons (Fsp3) is 0.364. The van der Waals surface area contributed by atoms with Crippen LogP contribution in [0.5, 0.6) is 0 Å². The molecule has 1 aliphatic rings. The molecular weight excluding hydrogens is 248 g/mol. The van der Waals surface area contributed by atoms with Crippen LogP contribution in [0.2, 0.25) is 5.02 Å². The quantitative estimate of drug-likeness (QED) is 0.753. The number of thioether (sulfide) groups is 2. The lowest BCUT2D eigenvalue weighted by Gasteiger charge is -2.19. The maximum Gasteiger partial charge on any atom is 0.185 e. The van der Waals surface area contributed by atoms with Crippen LogP contribution in [-0.2, 0) is 0 Å². The summed E-state index contributed by atoms with van der Waals surface area (Å²) in [5, 5.41) is 0.631. The van der Waals surface area contributed by atoms with Crippen molar-refractivity contribution in [3.8, 4) is 0 Å². The monoisotopic (exact) mass is 258 g/mol. The third-order valence-electron chi connectivity index (χ3n) is 2.15. The Morgan fingerprint density at radius 1 is 1.33 bits per heavy atom. The number of carbonyl (C=O) groups is 1. The Morgan fingerprint density at radius 2 is 2.07 bits per heavy atom. The van der Waals surface area contributed by atoms with Crippen LogP contribution in [0.25, 0.3) is 0 Å². The zero-order chi connectivity index (χ0) is 10.7. The first-order valence-electron chi connectivity index (χ1n) is 4.80. The van der Waals surface area contributed by atoms with E-state index in [0.717, 1.165) is 17.1 Å². The first-order valence-corrected chi connectivity index (χ1v) is 7.28. The standard InChI is InChI=1S/C11H11ClOS2/c12-9-4-1-3-8(7-9)10(13)11-14-5-2-6-15-11/h1,3-4,7,11H,2,5-6H2. The van der Waals surface area contributed by atoms with Crippen molar-refractivity contribution in [1.82, 2.24) is 0 Å². The SMILES string of the molecule is O=C(c1cccc(Cl)c1)C1SCCCS1. The third kappa shape index (κ3) is 2.92. The molecule has 0 radical (unpaired) electrons. The topological polar surface area (TPSA) is 17.1 Å². The highest BCUT2D eigenvalue weighted by Gasteiger charge is 2.23. The number of Topliss-reactive ketones (excluding diaryl/α,β-unsaturated/α-hetero) is 1. The van der Waals surface area contributed by atoms with Gasteiger partial charge in [0.1, 0.15) is 4.58 Å². The van der Waals surface area contributed by atoms with Gasteiger partial charge < -0.3 is 0 Å². The number of hydrogen-bond donors (Lipinski definition) is 0. The number of halogens is 1. The number of carbonyl (C=O) groups excluding carboxylic acids is 1. The van der Waals surface area contributed by atoms with E-state index in [0.29, 0.717) is 5.02 Å². The fourth-order valence-electron chi connectivity index (χ4n) is 1.42. The molecule has 0 atom stereocenters. The average molecular weight is 259 g/mol. The Balaban J connectivity index is 2.12. The third-order valence-corrected chi connectivity index (χ3v) is 5.28. The zero-order valence-electron chi connectivity index (χ0n) is 8.11. The normalized spacial score (nSPS) is 17.7. The maximum atomic E-state index is 12.1. The highest BCUT2D eigenvalue weighted by molar-refractivity contribution is 8.18. The van der Waals surface area contributed by atoms with Gasteiger partial charge in [-0.05, 0) is 30.1 Å². The lowest BCUT2D eigenvalue weighted by atomic mass is 10.1. The predicted octanol–water partition coefficient (Wildman–Crippen LogP) is 3.72. The van der Waals surface area contributed by atoms with E-state index in [1.165, 1.54) is 6.42 Å². The molecule has 1 aromatic carbocycles. The van der Waals surface area contributed by atoms with Crippen molar-refractivity contribution >= 4 is 40.9 Å². The Hall–Kier alpha value is -0.120. The molecule has 1 heterocycles. The van der Waals surface area contributed by atoms with Gasteiger partial charge in [-0.25, -0.2) is 0 Å². The molecule has 2 rings (SSSR count). The van der Waals surface area contributed by atoms with E-state index in [1.807, 2.05) is 12.1 Å². The van der Waals surface area contributed by atoms with E-state index in [2.05, 4.69) is 0 Å². The molecule has 15 heavy (non-hydrogen) atoms. The van der Waals surface area contributed by atoms with Gasteiger partial charge in [0.15, 0.2) is 5.78 Å². The lowest BCUT2D eigenvalue weighted by molar-refractivity contribution is 0.101. The summed E-state index contributed by atoms with van der Waals surface area (Å²) in [4.78, 5) is 12.1. The molecule has 4 heteroatoms. The zero-order valence-corrected chi connectivity index (χ0v) is 10.5. The second kappa shape index (κ2) is 5.28. The van der Waals surface area contributed by atoms with Gasteiger partial charge in [-0.3, -0.25) is 4.79 Å². The van der Waals surface area contributed by atoms with Gasteiger partial charge in [0, 0.05) is 10.6 Å². The summed E-state index contributed by atoms with van der Waals surface area (Å²) in [6.07, 6.45) is 1.20. The summed E-state index contributed by atoms with van der Waals surface area (Å²) in [6, 6.07) is 7.21. The maximum absolute atomic E-state index is 12.1. The van der Waals surface area contributed by atoms with Crippen molar-refractivity contribution in [2.24, 2.45) is 0 Å². The second-order valence-electron chi connectivity index (χ2n) is 3.30. The summed E-state index contributed by atoms with van der Waals surface area (Å²) in [7, 11) is 0. The Morgan fingerprint density at radius 3 is 2.73 bits per heavy atom. The molecule has 0 aromatic heterocycles. The summed E-state index contributed by atoms with van der Waals surface area (Å²) < 4.78 is 0.0669. The van der Waals surface area contributed by atoms with Crippen LogP contribution in [0, 0.1) is 0 Å². The molecule has 1 aliphatic heterocycles. The van der Waals surface area contributed by atoms with Gasteiger partial charge in [0.05, 0.1) is 0 Å². The number of rotatable bonds is 2. The molecule has 80 valence electrons. The summed E-state index contributed by atoms with van der Waals surface area (Å²) >= 11 is 9.35. The predicted molar refractivity (Wildman–Crippen MR) is 69.1 cm³/mol. The molecule has 0 N–H and O–H groups in total. The van der Waals surface area contributed by atoms with E-state index < -0.39 is 0 Å². The molecule has 0 spiro atoms. The fourth-order valence-corrected chi connectivity index (χ4v) is 4.38. The largest absolute Gasteiger partial charge is 0.292 e. The van der Waals surface area contributed by atoms with Gasteiger partial charge in [0.25, 0.3) is 0 Å². The van der Waals surface area contributed by atoms with Gasteiger partial charge in [-0.2, -0.15) is 0 Å². The van der Waals surface area contributed by atoms with Crippen LogP contribution >= 0.6 is 35.1 Å². The highest BCUT2D eigenvalue weighted by atomic mass is 35.5. The minimum atomic E-state index is 0.0669. The van der Waals surface area contributed by atoms with Crippen LogP contribution < -0.4 is 0 Å². The summed E-state index contributed by atoms with van der Waals surface area (Å²) in [5.41, 5.74) is 0.731. The number of benzene rings is 1. The van der Waals surface area contributed by atoms with Crippen LogP contribution in [-0.4, -0.2) is 21.9 Å². The van der Waals surface area contributed by atoms with Gasteiger partial charge in [-0.1, -0.05) is 23.7 Å². The molecule has 0 aliphatic carbocycles. The van der Waals surface area contributed by atoms with Gasteiger partial charge in [0.2, 0.25) is 0 Å². The van der Waals surface area contributed by atoms with Crippen LogP contribution in [0.1, 0.15) is 16.8 Å². The lowest BCUT2D eigenvalue weighted by Crippen LogP contribution is -2.18. The van der Waals surface area contributed by atoms with E-state index in [-0.39, 0.29) is 10.4 Å². The second-order valence-corrected chi connectivity index (χ2v) is 6.46. The minimum absolute atomic E-state index is 0.0669. The first-order chi connectivity index (χ1) is 7.27. The molecular formula is C11H11ClOS2. The van der Waals surface area contributed by atoms with Gasteiger partial charge in [-0.15, -0.1) is 23.5 Å². The van der Waals surface area contributed by atoms with E-state index in [1.54, 1.807) is 35.7 Å². The number of ketones is 1. The Bertz CT molecular complexity index is 361. The van der Waals surface area contributed by atoms with Crippen molar-refractivity contribution in [2.45, 2.75) is 11.0 Å². The molecule has 1 aromatic rings. The van der Waals surface area contributed by atoms with E-state index in [9.17, 15) is 4.79 Å². The van der Waals surface area contributed by atoms with Gasteiger partial charge >= 0.3 is 0 Å². The van der Waals surface area contributed by atoms with Crippen molar-refractivity contribution in [1.29, 1.82) is 0 Å². The van der Waals surface area contributed by atoms with E-state index in [4.69, 9.17) is 11.6 Å². The van der Waals surface area contributed by atoms with Crippen molar-refractivity contribution in [2.75, 3.05) is 11.5 Å². The minimum Gasteiger partial charge on any atom is -0.292 e. The average Bonchev–Trinajstić information content (AvgIpc) is 2.29. The van der Waals surface area contributed by atoms with Crippen LogP contribution in [0.4, 0.5) is 0 Å². The van der Waals surface area contributed by atoms with E-state index >= 15 is 0 Å². The molecule has 0 amide bonds. The van der Waals surface area contributed by atoms with Crippen LogP contribution in [0.15, 0.2) is 24.3 Å². The molecule has 0 saturated carbocycles. The van der Waals surface area contributed by atoms with Crippen LogP contribution in [0.3, 0.4) is 0 Å². The Kier molecular flexibility index (Phi) is 4.00. The molecule has 1 fully saturated rings. The molecule has 1 nitrogen and oxygen atoms in total. The highest BCUT2D eigenvalue weighted by Crippen LogP contribution is 2.33. The number of hydrogen-bond acceptors (Lipinski definition) is 3. The van der Waals surface area contributed by atoms with Crippen molar-refractivity contribution in [3.05, 3.63) is 34.9 Å². The Labute approximate surface area is 103 Å². The molecule has 0 bridgehead atoms. The molecule has 0 unspecified atom stereocenters. The summed E-state index contributed by atoms with van der Waals surface area (Å²) in [6.45, 7) is 0. The van der Waals surface area contributed by atoms with Crippen molar-refractivity contribution < 1.29 is 4.79 Å². The summed E-state index contributed by atoms with van der Waals surface area (Å²) in [5.74, 6) is 2.38. The first kappa shape index (κ1) is 11.4. The smallest absolute Gasteiger partial charge is 0.185 e. The van der Waals surface area contributed by atoms with Crippen molar-refractivity contribution in [3.63, 3.8) is 0 Å².